The van der Waals surface area contributed by atoms with E-state index in [9.17, 15) is 0 Å². The smallest absolute Gasteiger partial charge is 0.292 e. The first-order valence-electron chi connectivity index (χ1n) is 5.25. The van der Waals surface area contributed by atoms with Gasteiger partial charge in [0.1, 0.15) is 6.61 Å². The van der Waals surface area contributed by atoms with Crippen molar-refractivity contribution in [3.63, 3.8) is 0 Å². The predicted molar refractivity (Wildman–Crippen MR) is 64.8 cm³/mol. The van der Waals surface area contributed by atoms with Gasteiger partial charge in [-0.3, -0.25) is 0 Å². The molecule has 15 heavy (non-hydrogen) atoms. The van der Waals surface area contributed by atoms with Crippen LogP contribution in [0.15, 0.2) is 17.8 Å². The average Bonchev–Trinajstić information content (AvgIpc) is 2.23. The summed E-state index contributed by atoms with van der Waals surface area (Å²) in [7, 11) is 1.96. The molecule has 0 aliphatic rings. The Morgan fingerprint density at radius 1 is 1.60 bits per heavy atom. The highest BCUT2D eigenvalue weighted by atomic mass is 16.5. The minimum Gasteiger partial charge on any atom is -0.464 e. The molecule has 0 aromatic carbocycles. The molecular weight excluding hydrogens is 190 g/mol. The summed E-state index contributed by atoms with van der Waals surface area (Å²) in [6.07, 6.45) is 2.49. The van der Waals surface area contributed by atoms with Gasteiger partial charge in [-0.05, 0) is 20.3 Å². The second-order valence-corrected chi connectivity index (χ2v) is 3.96. The number of ether oxygens (including phenoxy) is 1. The Labute approximate surface area is 92.8 Å². The van der Waals surface area contributed by atoms with Crippen LogP contribution in [-0.4, -0.2) is 36.7 Å². The molecule has 0 fully saturated rings. The van der Waals surface area contributed by atoms with Crippen LogP contribution in [0.1, 0.15) is 27.2 Å². The van der Waals surface area contributed by atoms with Gasteiger partial charge < -0.3 is 15.4 Å². The minimum absolute atomic E-state index is 0.0104. The summed E-state index contributed by atoms with van der Waals surface area (Å²) in [6.45, 7) is 10.9. The van der Waals surface area contributed by atoms with E-state index in [4.69, 9.17) is 10.5 Å². The lowest BCUT2D eigenvalue weighted by atomic mass is 10.0. The van der Waals surface area contributed by atoms with E-state index in [0.29, 0.717) is 19.2 Å². The maximum Gasteiger partial charge on any atom is 0.292 e. The molecule has 0 radical (unpaired) electrons. The summed E-state index contributed by atoms with van der Waals surface area (Å²) in [5.41, 5.74) is 5.40. The van der Waals surface area contributed by atoms with Crippen LogP contribution in [0, 0.1) is 0 Å². The molecule has 0 spiro atoms. The third-order valence-electron chi connectivity index (χ3n) is 2.61. The monoisotopic (exact) mass is 213 g/mol. The van der Waals surface area contributed by atoms with Crippen molar-refractivity contribution in [1.82, 2.24) is 4.90 Å². The zero-order chi connectivity index (χ0) is 11.9. The SMILES string of the molecule is C=CN=C(OCCN)N(C)C(C)(C)CC. The van der Waals surface area contributed by atoms with Gasteiger partial charge in [-0.25, -0.2) is 4.99 Å². The molecule has 0 aromatic heterocycles. The van der Waals surface area contributed by atoms with Crippen LogP contribution < -0.4 is 5.73 Å². The van der Waals surface area contributed by atoms with Crippen LogP contribution >= 0.6 is 0 Å². The maximum atomic E-state index is 5.46. The van der Waals surface area contributed by atoms with E-state index in [1.165, 1.54) is 6.20 Å². The molecule has 0 heterocycles. The van der Waals surface area contributed by atoms with E-state index in [1.54, 1.807) is 0 Å². The lowest BCUT2D eigenvalue weighted by Gasteiger charge is -2.36. The van der Waals surface area contributed by atoms with Crippen LogP contribution in [0.3, 0.4) is 0 Å². The summed E-state index contributed by atoms with van der Waals surface area (Å²) < 4.78 is 5.46. The minimum atomic E-state index is 0.0104. The summed E-state index contributed by atoms with van der Waals surface area (Å²) in [5, 5.41) is 0. The van der Waals surface area contributed by atoms with Crippen molar-refractivity contribution in [3.8, 4) is 0 Å². The lowest BCUT2D eigenvalue weighted by molar-refractivity contribution is 0.171. The Balaban J connectivity index is 4.62. The predicted octanol–water partition coefficient (Wildman–Crippen LogP) is 1.58. The number of amidine groups is 1. The second-order valence-electron chi connectivity index (χ2n) is 3.96. The zero-order valence-electron chi connectivity index (χ0n) is 10.3. The van der Waals surface area contributed by atoms with E-state index in [2.05, 4.69) is 32.3 Å². The molecule has 0 unspecified atom stereocenters. The third kappa shape index (κ3) is 4.34. The average molecular weight is 213 g/mol. The Hall–Kier alpha value is -1.03. The van der Waals surface area contributed by atoms with Crippen LogP contribution in [0.25, 0.3) is 0 Å². The van der Waals surface area contributed by atoms with Crippen molar-refractivity contribution in [1.29, 1.82) is 0 Å². The number of aliphatic imine (C=N–C) groups is 1. The summed E-state index contributed by atoms with van der Waals surface area (Å²) in [4.78, 5) is 6.11. The largest absolute Gasteiger partial charge is 0.464 e. The highest BCUT2D eigenvalue weighted by Gasteiger charge is 2.24. The van der Waals surface area contributed by atoms with Gasteiger partial charge in [0, 0.05) is 25.3 Å². The first-order valence-corrected chi connectivity index (χ1v) is 5.25. The molecule has 0 aliphatic carbocycles. The van der Waals surface area contributed by atoms with Gasteiger partial charge in [0.05, 0.1) is 0 Å². The molecule has 0 atom stereocenters. The van der Waals surface area contributed by atoms with E-state index in [0.717, 1.165) is 6.42 Å². The van der Waals surface area contributed by atoms with Crippen LogP contribution in [0.2, 0.25) is 0 Å². The van der Waals surface area contributed by atoms with E-state index in [-0.39, 0.29) is 5.54 Å². The molecule has 4 nitrogen and oxygen atoms in total. The maximum absolute atomic E-state index is 5.46. The van der Waals surface area contributed by atoms with E-state index >= 15 is 0 Å². The Kier molecular flexibility index (Phi) is 6.01. The van der Waals surface area contributed by atoms with Gasteiger partial charge in [-0.2, -0.15) is 0 Å². The Morgan fingerprint density at radius 2 is 2.20 bits per heavy atom. The first-order chi connectivity index (χ1) is 6.99. The van der Waals surface area contributed by atoms with Crippen molar-refractivity contribution >= 4 is 6.02 Å². The summed E-state index contributed by atoms with van der Waals surface area (Å²) in [5.74, 6) is 0. The molecular formula is C11H23N3O. The highest BCUT2D eigenvalue weighted by Crippen LogP contribution is 2.17. The van der Waals surface area contributed by atoms with Crippen LogP contribution in [-0.2, 0) is 4.74 Å². The fourth-order valence-corrected chi connectivity index (χ4v) is 0.945. The van der Waals surface area contributed by atoms with Crippen molar-refractivity contribution < 1.29 is 4.74 Å². The summed E-state index contributed by atoms with van der Waals surface area (Å²) >= 11 is 0. The summed E-state index contributed by atoms with van der Waals surface area (Å²) in [6, 6.07) is 0.572. The molecule has 88 valence electrons. The van der Waals surface area contributed by atoms with Crippen LogP contribution in [0.4, 0.5) is 0 Å². The standard InChI is InChI=1S/C11H23N3O/c1-6-11(3,4)14(5)10(13-7-2)15-9-8-12/h7H,2,6,8-9,12H2,1,3-5H3. The third-order valence-corrected chi connectivity index (χ3v) is 2.61. The van der Waals surface area contributed by atoms with Gasteiger partial charge in [0.15, 0.2) is 0 Å². The highest BCUT2D eigenvalue weighted by molar-refractivity contribution is 5.75. The van der Waals surface area contributed by atoms with Gasteiger partial charge in [-0.15, -0.1) is 0 Å². The molecule has 0 saturated heterocycles. The van der Waals surface area contributed by atoms with Gasteiger partial charge in [0.25, 0.3) is 6.02 Å². The normalized spacial score (nSPS) is 12.5. The number of rotatable bonds is 5. The fraction of sp³-hybridized carbons (Fsp3) is 0.727. The molecule has 0 rings (SSSR count). The molecule has 0 aliphatic heterocycles. The lowest BCUT2D eigenvalue weighted by Crippen LogP contribution is -2.45. The second kappa shape index (κ2) is 6.45. The van der Waals surface area contributed by atoms with Crippen LogP contribution in [0.5, 0.6) is 0 Å². The van der Waals surface area contributed by atoms with Crippen molar-refractivity contribution in [2.45, 2.75) is 32.7 Å². The van der Waals surface area contributed by atoms with Crippen molar-refractivity contribution in [2.24, 2.45) is 10.7 Å². The number of hydrogen-bond donors (Lipinski definition) is 1. The molecule has 4 heteroatoms. The Bertz CT molecular complexity index is 224. The fourth-order valence-electron chi connectivity index (χ4n) is 0.945. The first kappa shape index (κ1) is 14.0. The van der Waals surface area contributed by atoms with Gasteiger partial charge in [0.2, 0.25) is 0 Å². The molecule has 0 amide bonds. The van der Waals surface area contributed by atoms with Crippen molar-refractivity contribution in [3.05, 3.63) is 12.8 Å². The number of hydrogen-bond acceptors (Lipinski definition) is 3. The van der Waals surface area contributed by atoms with Crippen molar-refractivity contribution in [2.75, 3.05) is 20.2 Å². The zero-order valence-corrected chi connectivity index (χ0v) is 10.3. The van der Waals surface area contributed by atoms with E-state index in [1.807, 2.05) is 11.9 Å². The van der Waals surface area contributed by atoms with Gasteiger partial charge >= 0.3 is 0 Å². The molecule has 0 aromatic rings. The number of nitrogens with two attached hydrogens (primary N) is 1. The van der Waals surface area contributed by atoms with Gasteiger partial charge in [-0.1, -0.05) is 13.5 Å². The number of nitrogens with zero attached hydrogens (tertiary/aromatic N) is 2. The van der Waals surface area contributed by atoms with E-state index < -0.39 is 0 Å². The molecule has 2 N–H and O–H groups in total. The quantitative estimate of drug-likeness (QED) is 0.557. The Morgan fingerprint density at radius 3 is 2.60 bits per heavy atom. The topological polar surface area (TPSA) is 50.9 Å². The molecule has 0 saturated carbocycles. The molecule has 0 bridgehead atoms.